The maximum absolute atomic E-state index is 11.8. The molecule has 1 aliphatic heterocycles. The van der Waals surface area contributed by atoms with Gasteiger partial charge in [-0.25, -0.2) is 9.97 Å². The summed E-state index contributed by atoms with van der Waals surface area (Å²) in [5, 5.41) is 6.02. The summed E-state index contributed by atoms with van der Waals surface area (Å²) in [5.41, 5.74) is 0. The molecule has 10 heteroatoms. The minimum atomic E-state index is 0. The maximum atomic E-state index is 11.8. The summed E-state index contributed by atoms with van der Waals surface area (Å²) in [5.74, 6) is 0.930. The highest BCUT2D eigenvalue weighted by atomic mass is 35.5. The molecule has 2 N–H and O–H groups in total. The Morgan fingerprint density at radius 1 is 1.16 bits per heavy atom. The average Bonchev–Trinajstić information content (AvgIpc) is 2.56. The van der Waals surface area contributed by atoms with Gasteiger partial charge in [0.15, 0.2) is 0 Å². The van der Waals surface area contributed by atoms with Gasteiger partial charge in [0.25, 0.3) is 0 Å². The van der Waals surface area contributed by atoms with Crippen LogP contribution in [0.3, 0.4) is 0 Å². The minimum Gasteiger partial charge on any atom is -0.355 e. The zero-order valence-electron chi connectivity index (χ0n) is 14.7. The van der Waals surface area contributed by atoms with Crippen LogP contribution in [-0.2, 0) is 4.79 Å². The molecular weight excluding hydrogens is 387 g/mol. The first kappa shape index (κ1) is 26.4. The number of carbonyl (C=O) groups is 1. The van der Waals surface area contributed by atoms with Crippen LogP contribution in [0.2, 0.25) is 0 Å². The van der Waals surface area contributed by atoms with Crippen molar-refractivity contribution in [2.24, 2.45) is 5.92 Å². The van der Waals surface area contributed by atoms with Crippen LogP contribution in [0.25, 0.3) is 0 Å². The van der Waals surface area contributed by atoms with E-state index in [0.717, 1.165) is 38.7 Å². The molecule has 0 saturated carbocycles. The molecule has 1 atom stereocenters. The van der Waals surface area contributed by atoms with Gasteiger partial charge in [-0.1, -0.05) is 6.92 Å². The summed E-state index contributed by atoms with van der Waals surface area (Å²) < 4.78 is 0. The van der Waals surface area contributed by atoms with Crippen molar-refractivity contribution >= 4 is 49.1 Å². The molecule has 1 saturated heterocycles. The highest BCUT2D eigenvalue weighted by Crippen LogP contribution is 2.09. The summed E-state index contributed by atoms with van der Waals surface area (Å²) in [7, 11) is 1.86. The number of hydrogen-bond donors (Lipinski definition) is 2. The predicted octanol–water partition coefficient (Wildman–Crippen LogP) is 0.836. The van der Waals surface area contributed by atoms with Gasteiger partial charge in [-0.2, -0.15) is 0 Å². The highest BCUT2D eigenvalue weighted by Gasteiger charge is 2.18. The fourth-order valence-corrected chi connectivity index (χ4v) is 2.54. The van der Waals surface area contributed by atoms with Crippen LogP contribution in [0.1, 0.15) is 6.92 Å². The van der Waals surface area contributed by atoms with Crippen molar-refractivity contribution in [1.29, 1.82) is 0 Å². The van der Waals surface area contributed by atoms with Gasteiger partial charge < -0.3 is 15.5 Å². The number of carbonyl (C=O) groups excluding carboxylic acids is 1. The third-order valence-electron chi connectivity index (χ3n) is 3.89. The molecule has 0 aliphatic carbocycles. The molecule has 2 rings (SSSR count). The monoisotopic (exact) mass is 414 g/mol. The van der Waals surface area contributed by atoms with Crippen LogP contribution in [0.4, 0.5) is 5.95 Å². The van der Waals surface area contributed by atoms with E-state index in [1.165, 1.54) is 0 Å². The van der Waals surface area contributed by atoms with E-state index in [0.29, 0.717) is 13.1 Å². The Kier molecular flexibility index (Phi) is 15.1. The Hall–Kier alpha value is -0.860. The molecule has 25 heavy (non-hydrogen) atoms. The minimum absolute atomic E-state index is 0. The Labute approximate surface area is 168 Å². The number of nitrogens with zero attached hydrogens (tertiary/aromatic N) is 4. The molecule has 1 fully saturated rings. The van der Waals surface area contributed by atoms with Gasteiger partial charge in [-0.05, 0) is 13.1 Å². The largest absolute Gasteiger partial charge is 0.355 e. The summed E-state index contributed by atoms with van der Waals surface area (Å²) >= 11 is 0. The number of rotatable bonds is 7. The normalized spacial score (nSPS) is 15.2. The Bertz CT molecular complexity index is 460. The number of halogens is 3. The smallest absolute Gasteiger partial charge is 0.225 e. The lowest BCUT2D eigenvalue weighted by molar-refractivity contribution is -0.124. The number of piperazine rings is 1. The Morgan fingerprint density at radius 3 is 2.32 bits per heavy atom. The van der Waals surface area contributed by atoms with E-state index in [-0.39, 0.29) is 49.0 Å². The van der Waals surface area contributed by atoms with Crippen molar-refractivity contribution < 1.29 is 4.79 Å². The molecule has 1 aromatic rings. The molecule has 0 radical (unpaired) electrons. The second-order valence-corrected chi connectivity index (χ2v) is 5.63. The molecule has 1 unspecified atom stereocenters. The summed E-state index contributed by atoms with van der Waals surface area (Å²) in [6, 6.07) is 1.83. The molecule has 0 aromatic carbocycles. The average molecular weight is 416 g/mol. The first-order valence-electron chi connectivity index (χ1n) is 7.87. The lowest BCUT2D eigenvalue weighted by Crippen LogP contribution is -2.49. The van der Waals surface area contributed by atoms with E-state index < -0.39 is 0 Å². The van der Waals surface area contributed by atoms with Gasteiger partial charge in [0.1, 0.15) is 0 Å². The second kappa shape index (κ2) is 14.3. The van der Waals surface area contributed by atoms with Gasteiger partial charge in [0.05, 0.1) is 0 Å². The van der Waals surface area contributed by atoms with Gasteiger partial charge in [0, 0.05) is 64.1 Å². The quantitative estimate of drug-likeness (QED) is 0.687. The lowest BCUT2D eigenvalue weighted by Gasteiger charge is -2.34. The van der Waals surface area contributed by atoms with Gasteiger partial charge >= 0.3 is 0 Å². The van der Waals surface area contributed by atoms with Crippen LogP contribution in [0.5, 0.6) is 0 Å². The summed E-state index contributed by atoms with van der Waals surface area (Å²) in [4.78, 5) is 24.9. The third kappa shape index (κ3) is 8.87. The van der Waals surface area contributed by atoms with E-state index in [4.69, 9.17) is 0 Å². The van der Waals surface area contributed by atoms with Gasteiger partial charge in [0.2, 0.25) is 11.9 Å². The maximum Gasteiger partial charge on any atom is 0.225 e. The van der Waals surface area contributed by atoms with Crippen molar-refractivity contribution in [2.45, 2.75) is 6.92 Å². The summed E-state index contributed by atoms with van der Waals surface area (Å²) in [6.45, 7) is 8.03. The van der Waals surface area contributed by atoms with Crippen molar-refractivity contribution in [3.63, 3.8) is 0 Å². The number of amides is 1. The summed E-state index contributed by atoms with van der Waals surface area (Å²) in [6.07, 6.45) is 3.55. The van der Waals surface area contributed by atoms with Crippen LogP contribution in [0.15, 0.2) is 18.5 Å². The first-order chi connectivity index (χ1) is 10.7. The fraction of sp³-hybridized carbons (Fsp3) is 0.667. The molecular formula is C15H29Cl3N6O. The van der Waals surface area contributed by atoms with Crippen LogP contribution < -0.4 is 15.5 Å². The van der Waals surface area contributed by atoms with E-state index in [1.807, 2.05) is 20.0 Å². The Balaban J connectivity index is 0. The number of aromatic nitrogens is 2. The van der Waals surface area contributed by atoms with Crippen molar-refractivity contribution in [2.75, 3.05) is 57.8 Å². The van der Waals surface area contributed by atoms with Crippen molar-refractivity contribution in [3.8, 4) is 0 Å². The predicted molar refractivity (Wildman–Crippen MR) is 109 cm³/mol. The van der Waals surface area contributed by atoms with Crippen LogP contribution in [0, 0.1) is 5.92 Å². The van der Waals surface area contributed by atoms with E-state index >= 15 is 0 Å². The molecule has 1 aliphatic rings. The van der Waals surface area contributed by atoms with Gasteiger partial charge in [-0.3, -0.25) is 9.69 Å². The highest BCUT2D eigenvalue weighted by molar-refractivity contribution is 5.86. The topological polar surface area (TPSA) is 73.4 Å². The lowest BCUT2D eigenvalue weighted by atomic mass is 10.1. The fourth-order valence-electron chi connectivity index (χ4n) is 2.54. The zero-order chi connectivity index (χ0) is 15.8. The van der Waals surface area contributed by atoms with Crippen molar-refractivity contribution in [1.82, 2.24) is 25.5 Å². The van der Waals surface area contributed by atoms with E-state index in [1.54, 1.807) is 12.4 Å². The van der Waals surface area contributed by atoms with Gasteiger partial charge in [-0.15, -0.1) is 37.2 Å². The van der Waals surface area contributed by atoms with Crippen LogP contribution in [-0.4, -0.2) is 73.6 Å². The second-order valence-electron chi connectivity index (χ2n) is 5.63. The standard InChI is InChI=1S/C15H26N6O.3ClH/c1-13(12-16-2)14(22)17-6-7-20-8-10-21(11-9-20)15-18-4-3-5-19-15;;;/h3-5,13,16H,6-12H2,1-2H3,(H,17,22);3*1H. The molecule has 1 aromatic heterocycles. The number of anilines is 1. The van der Waals surface area contributed by atoms with Crippen molar-refractivity contribution in [3.05, 3.63) is 18.5 Å². The molecule has 7 nitrogen and oxygen atoms in total. The van der Waals surface area contributed by atoms with Crippen LogP contribution >= 0.6 is 37.2 Å². The molecule has 1 amide bonds. The first-order valence-corrected chi connectivity index (χ1v) is 7.87. The van der Waals surface area contributed by atoms with E-state index in [9.17, 15) is 4.79 Å². The number of hydrogen-bond acceptors (Lipinski definition) is 6. The third-order valence-corrected chi connectivity index (χ3v) is 3.89. The zero-order valence-corrected chi connectivity index (χ0v) is 17.1. The van der Waals surface area contributed by atoms with E-state index in [2.05, 4.69) is 30.4 Å². The molecule has 0 bridgehead atoms. The SMILES string of the molecule is CNCC(C)C(=O)NCCN1CCN(c2ncccn2)CC1.Cl.Cl.Cl. The molecule has 2 heterocycles. The number of nitrogens with one attached hydrogen (secondary N) is 2. The molecule has 0 spiro atoms. The Morgan fingerprint density at radius 2 is 1.76 bits per heavy atom. The molecule has 146 valence electrons.